The first-order chi connectivity index (χ1) is 9.99. The van der Waals surface area contributed by atoms with Gasteiger partial charge in [-0.05, 0) is 18.8 Å². The topological polar surface area (TPSA) is 72.9 Å². The van der Waals surface area contributed by atoms with E-state index in [9.17, 15) is 13.2 Å². The first-order valence-electron chi connectivity index (χ1n) is 7.53. The summed E-state index contributed by atoms with van der Waals surface area (Å²) in [4.78, 5) is 11.2. The fraction of sp³-hybridized carbons (Fsp3) is 0.929. The Labute approximate surface area is 127 Å². The third-order valence-electron chi connectivity index (χ3n) is 3.90. The molecule has 0 bridgehead atoms. The van der Waals surface area contributed by atoms with Crippen molar-refractivity contribution in [2.24, 2.45) is 5.92 Å². The lowest BCUT2D eigenvalue weighted by molar-refractivity contribution is -0.140. The summed E-state index contributed by atoms with van der Waals surface area (Å²) in [5.74, 6) is 0.0231. The van der Waals surface area contributed by atoms with Crippen molar-refractivity contribution in [1.82, 2.24) is 4.31 Å². The molecule has 0 atom stereocenters. The summed E-state index contributed by atoms with van der Waals surface area (Å²) in [5.41, 5.74) is 0. The normalized spacial score (nSPS) is 17.1. The van der Waals surface area contributed by atoms with Gasteiger partial charge in [-0.25, -0.2) is 8.42 Å². The number of methoxy groups -OCH3 is 2. The van der Waals surface area contributed by atoms with Gasteiger partial charge in [-0.3, -0.25) is 4.79 Å². The maximum atomic E-state index is 12.5. The lowest BCUT2D eigenvalue weighted by Gasteiger charge is -2.26. The number of hydrogen-bond donors (Lipinski definition) is 0. The Morgan fingerprint density at radius 2 is 1.81 bits per heavy atom. The van der Waals surface area contributed by atoms with Crippen LogP contribution in [0, 0.1) is 5.92 Å². The molecule has 0 amide bonds. The van der Waals surface area contributed by atoms with E-state index in [1.54, 1.807) is 0 Å². The highest BCUT2D eigenvalue weighted by Crippen LogP contribution is 2.25. The summed E-state index contributed by atoms with van der Waals surface area (Å²) in [6.45, 7) is 0.763. The molecule has 124 valence electrons. The highest BCUT2D eigenvalue weighted by atomic mass is 32.2. The standard InChI is InChI=1S/C14H27NO5S/c1-19-11-10-15(9-8-14(16)20-2)21(17,18)12-13-6-4-3-5-7-13/h13H,3-12H2,1-2H3. The van der Waals surface area contributed by atoms with Crippen molar-refractivity contribution in [2.45, 2.75) is 38.5 Å². The zero-order valence-electron chi connectivity index (χ0n) is 13.0. The molecule has 0 heterocycles. The fourth-order valence-electron chi connectivity index (χ4n) is 2.66. The molecule has 21 heavy (non-hydrogen) atoms. The summed E-state index contributed by atoms with van der Waals surface area (Å²) in [6, 6.07) is 0. The van der Waals surface area contributed by atoms with Crippen LogP contribution in [0.15, 0.2) is 0 Å². The van der Waals surface area contributed by atoms with Crippen LogP contribution in [-0.4, -0.2) is 58.4 Å². The van der Waals surface area contributed by atoms with E-state index in [0.717, 1.165) is 25.7 Å². The maximum Gasteiger partial charge on any atom is 0.306 e. The Bertz CT molecular complexity index is 404. The minimum atomic E-state index is -3.35. The van der Waals surface area contributed by atoms with Crippen molar-refractivity contribution >= 4 is 16.0 Å². The van der Waals surface area contributed by atoms with Gasteiger partial charge in [0.1, 0.15) is 0 Å². The van der Waals surface area contributed by atoms with E-state index in [1.165, 1.54) is 24.9 Å². The van der Waals surface area contributed by atoms with Crippen LogP contribution in [0.1, 0.15) is 38.5 Å². The molecule has 1 aliphatic rings. The van der Waals surface area contributed by atoms with Crippen LogP contribution in [-0.2, 0) is 24.3 Å². The van der Waals surface area contributed by atoms with E-state index in [2.05, 4.69) is 4.74 Å². The van der Waals surface area contributed by atoms with Crippen LogP contribution in [0.5, 0.6) is 0 Å². The fourth-order valence-corrected chi connectivity index (χ4v) is 4.52. The second-order valence-corrected chi connectivity index (χ2v) is 7.51. The SMILES string of the molecule is COCCN(CCC(=O)OC)S(=O)(=O)CC1CCCCC1. The molecule has 0 aromatic heterocycles. The van der Waals surface area contributed by atoms with Crippen molar-refractivity contribution < 1.29 is 22.7 Å². The largest absolute Gasteiger partial charge is 0.469 e. The predicted molar refractivity (Wildman–Crippen MR) is 80.4 cm³/mol. The van der Waals surface area contributed by atoms with Crippen LogP contribution < -0.4 is 0 Å². The van der Waals surface area contributed by atoms with Gasteiger partial charge in [0.15, 0.2) is 0 Å². The Morgan fingerprint density at radius 1 is 1.14 bits per heavy atom. The Hall–Kier alpha value is -0.660. The molecule has 1 rings (SSSR count). The van der Waals surface area contributed by atoms with Crippen LogP contribution in [0.4, 0.5) is 0 Å². The van der Waals surface area contributed by atoms with Gasteiger partial charge in [0.25, 0.3) is 0 Å². The van der Waals surface area contributed by atoms with Gasteiger partial charge in [-0.1, -0.05) is 19.3 Å². The first kappa shape index (κ1) is 18.4. The molecule has 0 N–H and O–H groups in total. The first-order valence-corrected chi connectivity index (χ1v) is 9.14. The Morgan fingerprint density at radius 3 is 2.38 bits per heavy atom. The average molecular weight is 321 g/mol. The molecule has 0 aromatic carbocycles. The number of nitrogens with zero attached hydrogens (tertiary/aromatic N) is 1. The van der Waals surface area contributed by atoms with Gasteiger partial charge in [0.05, 0.1) is 25.9 Å². The van der Waals surface area contributed by atoms with E-state index in [-0.39, 0.29) is 31.2 Å². The molecular formula is C14H27NO5S. The second kappa shape index (κ2) is 9.38. The van der Waals surface area contributed by atoms with E-state index < -0.39 is 16.0 Å². The lowest BCUT2D eigenvalue weighted by atomic mass is 9.91. The Balaban J connectivity index is 2.61. The van der Waals surface area contributed by atoms with Crippen LogP contribution in [0.3, 0.4) is 0 Å². The zero-order valence-corrected chi connectivity index (χ0v) is 13.9. The highest BCUT2D eigenvalue weighted by Gasteiger charge is 2.27. The van der Waals surface area contributed by atoms with Gasteiger partial charge in [-0.2, -0.15) is 4.31 Å². The van der Waals surface area contributed by atoms with Crippen molar-refractivity contribution in [3.05, 3.63) is 0 Å². The molecule has 6 nitrogen and oxygen atoms in total. The molecule has 0 aliphatic heterocycles. The van der Waals surface area contributed by atoms with Crippen LogP contribution in [0.2, 0.25) is 0 Å². The molecule has 0 saturated heterocycles. The molecule has 0 aromatic rings. The van der Waals surface area contributed by atoms with Gasteiger partial charge in [0.2, 0.25) is 10.0 Å². The molecule has 1 aliphatic carbocycles. The number of ether oxygens (including phenoxy) is 2. The van der Waals surface area contributed by atoms with E-state index in [0.29, 0.717) is 6.61 Å². The molecule has 1 saturated carbocycles. The second-order valence-electron chi connectivity index (χ2n) is 5.50. The van der Waals surface area contributed by atoms with E-state index >= 15 is 0 Å². The third kappa shape index (κ3) is 6.76. The molecular weight excluding hydrogens is 294 g/mol. The summed E-state index contributed by atoms with van der Waals surface area (Å²) in [7, 11) is -0.515. The van der Waals surface area contributed by atoms with Crippen molar-refractivity contribution in [1.29, 1.82) is 0 Å². The molecule has 1 fully saturated rings. The van der Waals surface area contributed by atoms with Gasteiger partial charge in [0, 0.05) is 20.2 Å². The minimum absolute atomic E-state index is 0.0735. The molecule has 0 spiro atoms. The van der Waals surface area contributed by atoms with Crippen molar-refractivity contribution in [2.75, 3.05) is 39.7 Å². The molecule has 0 radical (unpaired) electrons. The number of hydrogen-bond acceptors (Lipinski definition) is 5. The minimum Gasteiger partial charge on any atom is -0.469 e. The average Bonchev–Trinajstić information content (AvgIpc) is 2.47. The summed E-state index contributed by atoms with van der Waals surface area (Å²) >= 11 is 0. The quantitative estimate of drug-likeness (QED) is 0.600. The predicted octanol–water partition coefficient (Wildman–Crippen LogP) is 1.41. The van der Waals surface area contributed by atoms with Gasteiger partial charge >= 0.3 is 5.97 Å². The number of carbonyl (C=O) groups excluding carboxylic acids is 1. The van der Waals surface area contributed by atoms with E-state index in [1.807, 2.05) is 0 Å². The number of rotatable bonds is 9. The smallest absolute Gasteiger partial charge is 0.306 e. The maximum absolute atomic E-state index is 12.5. The molecule has 0 unspecified atom stereocenters. The van der Waals surface area contributed by atoms with E-state index in [4.69, 9.17) is 4.74 Å². The van der Waals surface area contributed by atoms with Crippen molar-refractivity contribution in [3.8, 4) is 0 Å². The van der Waals surface area contributed by atoms with Crippen LogP contribution >= 0.6 is 0 Å². The molecule has 7 heteroatoms. The lowest BCUT2D eigenvalue weighted by Crippen LogP contribution is -2.39. The highest BCUT2D eigenvalue weighted by molar-refractivity contribution is 7.89. The number of esters is 1. The van der Waals surface area contributed by atoms with Crippen molar-refractivity contribution in [3.63, 3.8) is 0 Å². The van der Waals surface area contributed by atoms with Gasteiger partial charge < -0.3 is 9.47 Å². The monoisotopic (exact) mass is 321 g/mol. The van der Waals surface area contributed by atoms with Crippen LogP contribution in [0.25, 0.3) is 0 Å². The van der Waals surface area contributed by atoms with Gasteiger partial charge in [-0.15, -0.1) is 0 Å². The summed E-state index contributed by atoms with van der Waals surface area (Å²) in [6.07, 6.45) is 5.46. The number of sulfonamides is 1. The third-order valence-corrected chi connectivity index (χ3v) is 5.95. The summed E-state index contributed by atoms with van der Waals surface area (Å²) < 4.78 is 36.0. The number of carbonyl (C=O) groups is 1. The zero-order chi connectivity index (χ0) is 15.7. The Kier molecular flexibility index (Phi) is 8.21. The summed E-state index contributed by atoms with van der Waals surface area (Å²) in [5, 5.41) is 0.